The summed E-state index contributed by atoms with van der Waals surface area (Å²) in [5.74, 6) is -1.62. The topological polar surface area (TPSA) is 276 Å². The number of aliphatic hydroxyl groups excluding tert-OH is 8. The minimum absolute atomic E-state index is 0. The van der Waals surface area contributed by atoms with Crippen LogP contribution in [0.2, 0.25) is 10.0 Å². The number of nitrogens with one attached hydrogen (secondary N) is 1. The number of amides is 1. The fraction of sp³-hybridized carbons (Fsp3) is 0.512. The van der Waals surface area contributed by atoms with Crippen LogP contribution in [0.4, 0.5) is 0 Å². The summed E-state index contributed by atoms with van der Waals surface area (Å²) in [7, 11) is 0. The highest BCUT2D eigenvalue weighted by molar-refractivity contribution is 6.32. The Kier molecular flexibility index (Phi) is 13.9. The van der Waals surface area contributed by atoms with Crippen molar-refractivity contribution in [3.63, 3.8) is 0 Å². The molecule has 5 aliphatic heterocycles. The van der Waals surface area contributed by atoms with Gasteiger partial charge in [0.15, 0.2) is 5.60 Å². The molecule has 0 radical (unpaired) electrons. The summed E-state index contributed by atoms with van der Waals surface area (Å²) < 4.78 is 40.8. The molecule has 21 heteroatoms. The predicted octanol–water partition coefficient (Wildman–Crippen LogP) is 0.00700. The number of benzene rings is 3. The summed E-state index contributed by atoms with van der Waals surface area (Å²) in [6.45, 7) is 2.68. The lowest BCUT2D eigenvalue weighted by Gasteiger charge is -2.40. The van der Waals surface area contributed by atoms with E-state index in [9.17, 15) is 50.4 Å². The van der Waals surface area contributed by atoms with Crippen molar-refractivity contribution in [2.45, 2.75) is 80.9 Å². The number of aliphatic hydroxyl groups is 8. The summed E-state index contributed by atoms with van der Waals surface area (Å²) in [4.78, 5) is 29.5. The van der Waals surface area contributed by atoms with Crippen molar-refractivity contribution in [3.05, 3.63) is 80.3 Å². The van der Waals surface area contributed by atoms with Gasteiger partial charge in [0.2, 0.25) is 12.6 Å². The molecule has 5 heterocycles. The molecule has 62 heavy (non-hydrogen) atoms. The van der Waals surface area contributed by atoms with Gasteiger partial charge in [0.1, 0.15) is 71.8 Å². The maximum Gasteiger partial charge on any atom is 0.340 e. The quantitative estimate of drug-likeness (QED) is 0.0905. The first-order valence-corrected chi connectivity index (χ1v) is 20.3. The van der Waals surface area contributed by atoms with Crippen LogP contribution in [0.25, 0.3) is 0 Å². The lowest BCUT2D eigenvalue weighted by molar-refractivity contribution is -0.277. The summed E-state index contributed by atoms with van der Waals surface area (Å²) in [6.07, 6.45) is -15.6. The van der Waals surface area contributed by atoms with Crippen LogP contribution in [-0.2, 0) is 24.5 Å². The van der Waals surface area contributed by atoms with Gasteiger partial charge in [-0.05, 0) is 37.2 Å². The Morgan fingerprint density at radius 1 is 0.758 bits per heavy atom. The zero-order chi connectivity index (χ0) is 43.3. The molecule has 0 bridgehead atoms. The van der Waals surface area contributed by atoms with Crippen molar-refractivity contribution in [2.24, 2.45) is 0 Å². The largest absolute Gasteiger partial charge is 0.460 e. The Balaban J connectivity index is 0.00000578. The number of esters is 1. The van der Waals surface area contributed by atoms with Gasteiger partial charge in [0, 0.05) is 54.0 Å². The average molecular weight is 912 g/mol. The molecular weight excluding hydrogens is 863 g/mol. The number of nitrogens with zero attached hydrogens (tertiary/aromatic N) is 1. The molecule has 5 unspecified atom stereocenters. The van der Waals surface area contributed by atoms with E-state index < -0.39 is 92.1 Å². The van der Waals surface area contributed by atoms with Crippen LogP contribution in [0.3, 0.4) is 0 Å². The summed E-state index contributed by atoms with van der Waals surface area (Å²) in [5, 5.41) is 84.8. The van der Waals surface area contributed by atoms with Crippen molar-refractivity contribution >= 4 is 35.1 Å². The minimum Gasteiger partial charge on any atom is -0.460 e. The molecule has 3 aromatic rings. The summed E-state index contributed by atoms with van der Waals surface area (Å²) in [5.41, 5.74) is -1.03. The first kappa shape index (κ1) is 46.1. The Labute approximate surface area is 364 Å². The van der Waals surface area contributed by atoms with Crippen LogP contribution in [0.5, 0.6) is 23.0 Å². The molecule has 3 saturated heterocycles. The Hall–Kier alpha value is -3.90. The van der Waals surface area contributed by atoms with E-state index in [1.165, 1.54) is 36.4 Å². The predicted molar refractivity (Wildman–Crippen MR) is 214 cm³/mol. The van der Waals surface area contributed by atoms with Crippen LogP contribution in [0, 0.1) is 0 Å². The van der Waals surface area contributed by atoms with Crippen LogP contribution >= 0.6 is 23.2 Å². The molecule has 11 atom stereocenters. The third kappa shape index (κ3) is 8.32. The molecule has 9 N–H and O–H groups in total. The van der Waals surface area contributed by atoms with Crippen LogP contribution < -0.4 is 19.5 Å². The van der Waals surface area contributed by atoms with Gasteiger partial charge in [-0.15, -0.1) is 0 Å². The Morgan fingerprint density at radius 3 is 1.81 bits per heavy atom. The monoisotopic (exact) mass is 910 g/mol. The molecule has 19 nitrogen and oxygen atoms in total. The zero-order valence-corrected chi connectivity index (χ0v) is 33.6. The highest BCUT2D eigenvalue weighted by atomic mass is 35.5. The lowest BCUT2D eigenvalue weighted by atomic mass is 9.77. The number of halogens is 2. The number of carbonyl (C=O) groups is 2. The van der Waals surface area contributed by atoms with E-state index in [-0.39, 0.29) is 68.3 Å². The molecule has 3 fully saturated rings. The molecule has 8 rings (SSSR count). The molecule has 1 amide bonds. The van der Waals surface area contributed by atoms with E-state index in [1.54, 1.807) is 6.07 Å². The van der Waals surface area contributed by atoms with Crippen molar-refractivity contribution in [3.8, 4) is 23.0 Å². The number of carbonyl (C=O) groups excluding carboxylic acids is 2. The van der Waals surface area contributed by atoms with Crippen LogP contribution in [0.1, 0.15) is 51.3 Å². The third-order valence-electron chi connectivity index (χ3n) is 11.4. The van der Waals surface area contributed by atoms with Gasteiger partial charge in [0.05, 0.1) is 42.0 Å². The van der Waals surface area contributed by atoms with Crippen molar-refractivity contribution in [1.29, 1.82) is 0 Å². The van der Waals surface area contributed by atoms with Gasteiger partial charge < -0.3 is 79.3 Å². The molecule has 0 saturated carbocycles. The second-order valence-electron chi connectivity index (χ2n) is 15.2. The van der Waals surface area contributed by atoms with E-state index in [1.807, 2.05) is 0 Å². The first-order valence-electron chi connectivity index (χ1n) is 19.5. The second-order valence-corrected chi connectivity index (χ2v) is 16.0. The molecule has 0 aliphatic carbocycles. The average Bonchev–Trinajstić information content (AvgIpc) is 3.55. The molecule has 0 aromatic heterocycles. The smallest absolute Gasteiger partial charge is 0.340 e. The maximum absolute atomic E-state index is 14.0. The van der Waals surface area contributed by atoms with Gasteiger partial charge in [-0.25, -0.2) is 4.79 Å². The molecule has 5 aliphatic rings. The van der Waals surface area contributed by atoms with Gasteiger partial charge in [-0.2, -0.15) is 0 Å². The van der Waals surface area contributed by atoms with Gasteiger partial charge in [0.25, 0.3) is 5.91 Å². The van der Waals surface area contributed by atoms with E-state index in [4.69, 9.17) is 56.4 Å². The van der Waals surface area contributed by atoms with E-state index in [0.29, 0.717) is 26.2 Å². The zero-order valence-electron chi connectivity index (χ0n) is 32.1. The number of hydrogen-bond acceptors (Lipinski definition) is 18. The fourth-order valence-corrected chi connectivity index (χ4v) is 8.47. The van der Waals surface area contributed by atoms with Crippen molar-refractivity contribution in [2.75, 3.05) is 52.6 Å². The van der Waals surface area contributed by atoms with Crippen LogP contribution in [0.15, 0.2) is 42.5 Å². The molecule has 338 valence electrons. The number of hydrogen-bond donors (Lipinski definition) is 9. The number of fused-ring (bicyclic) bond motifs is 6. The van der Waals surface area contributed by atoms with E-state index in [0.717, 1.165) is 19.6 Å². The van der Waals surface area contributed by atoms with Crippen LogP contribution in [-0.4, -0.2) is 172 Å². The van der Waals surface area contributed by atoms with Gasteiger partial charge in [-0.1, -0.05) is 36.7 Å². The fourth-order valence-electron chi connectivity index (χ4n) is 8.05. The van der Waals surface area contributed by atoms with Gasteiger partial charge in [-0.3, -0.25) is 9.69 Å². The first-order chi connectivity index (χ1) is 29.2. The molecular formula is C41H48Cl2N2O17. The second kappa shape index (κ2) is 18.7. The Bertz CT molecular complexity index is 2040. The Morgan fingerprint density at radius 2 is 1.29 bits per heavy atom. The number of ether oxygens (including phenoxy) is 7. The standard InChI is InChI=1S/C40H44Cl2N2O17.CH4/c41-22-11-20-24(13-26(22)57-38-34(51)32(49)30(47)28(15-45)59-38)56-25-14-27(58-39-35(52)33(50)31(48)29(16-46)60-39)23(42)12-21(25)40(20)19-3-2-17(10-18(19)37(54)61-40)36(53)43-4-1-5-44-6-8-55-9-7-44;/h2-3,10-14,28-35,38-39,45-52H,1,4-9,15-16H2,(H,43,53);1H4/t28?,29?,30-,31+,32-,33?,34?,35+,38+,39-,40?;/m0./s1. The highest BCUT2D eigenvalue weighted by Crippen LogP contribution is 2.59. The van der Waals surface area contributed by atoms with Gasteiger partial charge >= 0.3 is 5.97 Å². The van der Waals surface area contributed by atoms with E-state index >= 15 is 0 Å². The summed E-state index contributed by atoms with van der Waals surface area (Å²) >= 11 is 13.6. The number of morpholine rings is 1. The highest BCUT2D eigenvalue weighted by Gasteiger charge is 2.55. The normalized spacial score (nSPS) is 31.5. The SMILES string of the molecule is C.O=C(NCCCN1CCOCC1)c1ccc2c(c1)C(=O)OC21c2cc(Cl)c(O[C@@H]3OC(CO)[C@H](O)[C@H](O)C3O)cc2Oc2cc(O[C@H]3OC(CO)[C@@H](O)C(O)[C@H]3O)c(Cl)cc21. The molecule has 1 spiro atoms. The molecule has 3 aromatic carbocycles. The third-order valence-corrected chi connectivity index (χ3v) is 12.0. The maximum atomic E-state index is 14.0. The van der Waals surface area contributed by atoms with Crippen molar-refractivity contribution in [1.82, 2.24) is 10.2 Å². The van der Waals surface area contributed by atoms with Crippen molar-refractivity contribution < 1.29 is 83.6 Å². The van der Waals surface area contributed by atoms with E-state index in [2.05, 4.69) is 10.2 Å². The summed E-state index contributed by atoms with van der Waals surface area (Å²) in [6, 6.07) is 9.84. The lowest BCUT2D eigenvalue weighted by Crippen LogP contribution is -2.60. The minimum atomic E-state index is -1.85. The number of rotatable bonds is 11.